The number of imidazole rings is 1. The van der Waals surface area contributed by atoms with Crippen LogP contribution in [0, 0.1) is 10.1 Å². The Morgan fingerprint density at radius 1 is 1.43 bits per heavy atom. The van der Waals surface area contributed by atoms with E-state index in [2.05, 4.69) is 31.2 Å². The number of carboxylic acids is 1. The van der Waals surface area contributed by atoms with Gasteiger partial charge in [-0.2, -0.15) is 0 Å². The maximum atomic E-state index is 12.0. The van der Waals surface area contributed by atoms with Crippen molar-refractivity contribution in [2.45, 2.75) is 0 Å². The summed E-state index contributed by atoms with van der Waals surface area (Å²) in [6.45, 7) is 0. The van der Waals surface area contributed by atoms with E-state index in [1.54, 1.807) is 0 Å². The number of aromatic amines is 1. The summed E-state index contributed by atoms with van der Waals surface area (Å²) in [6.07, 6.45) is 1.05. The van der Waals surface area contributed by atoms with Gasteiger partial charge in [-0.05, 0) is 12.1 Å². The topological polar surface area (TPSA) is 138 Å². The lowest BCUT2D eigenvalue weighted by atomic mass is 10.2. The monoisotopic (exact) mass is 354 g/mol. The van der Waals surface area contributed by atoms with Crippen molar-refractivity contribution in [1.29, 1.82) is 0 Å². The van der Waals surface area contributed by atoms with E-state index in [1.165, 1.54) is 18.2 Å². The molecule has 21 heavy (non-hydrogen) atoms. The molecule has 0 aliphatic rings. The predicted molar refractivity (Wildman–Crippen MR) is 74.3 cm³/mol. The lowest BCUT2D eigenvalue weighted by Crippen LogP contribution is -2.17. The van der Waals surface area contributed by atoms with Gasteiger partial charge in [0.15, 0.2) is 11.4 Å². The van der Waals surface area contributed by atoms with Gasteiger partial charge in [0.2, 0.25) is 0 Å². The van der Waals surface area contributed by atoms with E-state index in [1.807, 2.05) is 0 Å². The molecule has 0 fully saturated rings. The van der Waals surface area contributed by atoms with Crippen LogP contribution in [0.3, 0.4) is 0 Å². The quantitative estimate of drug-likeness (QED) is 0.567. The molecule has 1 aromatic carbocycles. The van der Waals surface area contributed by atoms with Crippen LogP contribution < -0.4 is 5.32 Å². The Bertz CT molecular complexity index is 742. The molecule has 9 nitrogen and oxygen atoms in total. The zero-order chi connectivity index (χ0) is 15.6. The third-order valence-electron chi connectivity index (χ3n) is 2.47. The van der Waals surface area contributed by atoms with Crippen LogP contribution in [0.25, 0.3) is 0 Å². The van der Waals surface area contributed by atoms with Crippen molar-refractivity contribution in [3.05, 3.63) is 50.5 Å². The molecule has 2 rings (SSSR count). The Kier molecular flexibility index (Phi) is 3.98. The normalized spacial score (nSPS) is 10.1. The molecule has 1 aromatic heterocycles. The van der Waals surface area contributed by atoms with Gasteiger partial charge in [0.1, 0.15) is 5.69 Å². The van der Waals surface area contributed by atoms with Gasteiger partial charge < -0.3 is 15.4 Å². The standard InChI is InChI=1S/C11H7BrN4O5/c12-5-1-2-6(7(3-5)16(20)21)15-10(17)8-9(11(18)19)14-4-13-8/h1-4H,(H,13,14)(H,15,17)(H,18,19). The maximum Gasteiger partial charge on any atom is 0.354 e. The van der Waals surface area contributed by atoms with E-state index in [9.17, 15) is 19.7 Å². The summed E-state index contributed by atoms with van der Waals surface area (Å²) in [5.74, 6) is -2.22. The molecule has 0 saturated carbocycles. The molecule has 2 aromatic rings. The fourth-order valence-electron chi connectivity index (χ4n) is 1.57. The second-order valence-electron chi connectivity index (χ2n) is 3.80. The molecule has 0 aliphatic heterocycles. The van der Waals surface area contributed by atoms with E-state index in [4.69, 9.17) is 5.11 Å². The molecule has 0 radical (unpaired) electrons. The van der Waals surface area contributed by atoms with Crippen LogP contribution in [0.4, 0.5) is 11.4 Å². The van der Waals surface area contributed by atoms with Crippen molar-refractivity contribution < 1.29 is 19.6 Å². The van der Waals surface area contributed by atoms with Crippen LogP contribution in [-0.2, 0) is 0 Å². The first kappa shape index (κ1) is 14.7. The molecule has 10 heteroatoms. The molecular weight excluding hydrogens is 348 g/mol. The SMILES string of the molecule is O=C(Nc1ccc(Br)cc1[N+](=O)[O-])c1nc[nH]c1C(=O)O. The second kappa shape index (κ2) is 5.71. The van der Waals surface area contributed by atoms with Crippen molar-refractivity contribution in [3.63, 3.8) is 0 Å². The molecule has 0 bridgehead atoms. The Balaban J connectivity index is 2.34. The highest BCUT2D eigenvalue weighted by Crippen LogP contribution is 2.28. The molecule has 1 amide bonds. The van der Waals surface area contributed by atoms with Gasteiger partial charge in [-0.25, -0.2) is 9.78 Å². The highest BCUT2D eigenvalue weighted by molar-refractivity contribution is 9.10. The molecule has 1 heterocycles. The number of hydrogen-bond donors (Lipinski definition) is 3. The van der Waals surface area contributed by atoms with Crippen molar-refractivity contribution in [3.8, 4) is 0 Å². The summed E-state index contributed by atoms with van der Waals surface area (Å²) >= 11 is 3.09. The number of H-pyrrole nitrogens is 1. The minimum Gasteiger partial charge on any atom is -0.477 e. The van der Waals surface area contributed by atoms with E-state index in [-0.39, 0.29) is 17.1 Å². The minimum absolute atomic E-state index is 0.0625. The van der Waals surface area contributed by atoms with Gasteiger partial charge in [-0.15, -0.1) is 0 Å². The highest BCUT2D eigenvalue weighted by Gasteiger charge is 2.22. The van der Waals surface area contributed by atoms with E-state index in [0.717, 1.165) is 6.33 Å². The minimum atomic E-state index is -1.36. The van der Waals surface area contributed by atoms with Crippen molar-refractivity contribution in [2.75, 3.05) is 5.32 Å². The number of aromatic nitrogens is 2. The molecule has 0 unspecified atom stereocenters. The first-order valence-corrected chi connectivity index (χ1v) is 6.21. The number of anilines is 1. The molecule has 3 N–H and O–H groups in total. The average molecular weight is 355 g/mol. The van der Waals surface area contributed by atoms with Crippen molar-refractivity contribution in [1.82, 2.24) is 9.97 Å². The first-order chi connectivity index (χ1) is 9.90. The van der Waals surface area contributed by atoms with Crippen molar-refractivity contribution >= 4 is 39.2 Å². The number of nitro groups is 1. The zero-order valence-corrected chi connectivity index (χ0v) is 11.7. The average Bonchev–Trinajstić information content (AvgIpc) is 2.90. The Morgan fingerprint density at radius 2 is 2.14 bits per heavy atom. The summed E-state index contributed by atoms with van der Waals surface area (Å²) in [4.78, 5) is 39.0. The fraction of sp³-hybridized carbons (Fsp3) is 0. The number of carbonyl (C=O) groups excluding carboxylic acids is 1. The number of nitrogens with zero attached hydrogens (tertiary/aromatic N) is 2. The molecule has 0 spiro atoms. The predicted octanol–water partition coefficient (Wildman–Crippen LogP) is 2.03. The van der Waals surface area contributed by atoms with E-state index < -0.39 is 22.5 Å². The van der Waals surface area contributed by atoms with Gasteiger partial charge in [0.25, 0.3) is 11.6 Å². The van der Waals surface area contributed by atoms with Crippen LogP contribution >= 0.6 is 15.9 Å². The van der Waals surface area contributed by atoms with Crippen molar-refractivity contribution in [2.24, 2.45) is 0 Å². The molecule has 0 saturated heterocycles. The van der Waals surface area contributed by atoms with Gasteiger partial charge in [0, 0.05) is 10.5 Å². The third-order valence-corrected chi connectivity index (χ3v) is 2.97. The number of carboxylic acid groups (broad SMARTS) is 1. The smallest absolute Gasteiger partial charge is 0.354 e. The van der Waals surface area contributed by atoms with Gasteiger partial charge in [-0.1, -0.05) is 15.9 Å². The summed E-state index contributed by atoms with van der Waals surface area (Å²) in [6, 6.07) is 4.05. The van der Waals surface area contributed by atoms with Crippen LogP contribution in [0.15, 0.2) is 29.0 Å². The third kappa shape index (κ3) is 3.05. The van der Waals surface area contributed by atoms with E-state index in [0.29, 0.717) is 4.47 Å². The fourth-order valence-corrected chi connectivity index (χ4v) is 1.92. The van der Waals surface area contributed by atoms with Gasteiger partial charge in [-0.3, -0.25) is 14.9 Å². The number of halogens is 1. The number of nitro benzene ring substituents is 1. The van der Waals surface area contributed by atoms with Crippen LogP contribution in [-0.4, -0.2) is 31.9 Å². The maximum absolute atomic E-state index is 12.0. The van der Waals surface area contributed by atoms with E-state index >= 15 is 0 Å². The molecule has 0 aliphatic carbocycles. The zero-order valence-electron chi connectivity index (χ0n) is 10.2. The number of aromatic carboxylic acids is 1. The van der Waals surface area contributed by atoms with Crippen LogP contribution in [0.5, 0.6) is 0 Å². The number of rotatable bonds is 4. The molecule has 108 valence electrons. The number of nitrogens with one attached hydrogen (secondary N) is 2. The van der Waals surface area contributed by atoms with Gasteiger partial charge in [0.05, 0.1) is 11.3 Å². The van der Waals surface area contributed by atoms with Crippen LogP contribution in [0.1, 0.15) is 21.0 Å². The number of carbonyl (C=O) groups is 2. The largest absolute Gasteiger partial charge is 0.477 e. The number of amides is 1. The first-order valence-electron chi connectivity index (χ1n) is 5.42. The Morgan fingerprint density at radius 3 is 2.76 bits per heavy atom. The number of benzene rings is 1. The molecule has 0 atom stereocenters. The highest BCUT2D eigenvalue weighted by atomic mass is 79.9. The molecular formula is C11H7BrN4O5. The summed E-state index contributed by atoms with van der Waals surface area (Å²) in [5, 5.41) is 22.1. The number of hydrogen-bond acceptors (Lipinski definition) is 5. The van der Waals surface area contributed by atoms with Gasteiger partial charge >= 0.3 is 5.97 Å². The summed E-state index contributed by atoms with van der Waals surface area (Å²) < 4.78 is 0.471. The Labute approximate surface area is 125 Å². The lowest BCUT2D eigenvalue weighted by Gasteiger charge is -2.05. The summed E-state index contributed by atoms with van der Waals surface area (Å²) in [7, 11) is 0. The Hall–Kier alpha value is -2.75. The lowest BCUT2D eigenvalue weighted by molar-refractivity contribution is -0.384. The second-order valence-corrected chi connectivity index (χ2v) is 4.72. The van der Waals surface area contributed by atoms with Crippen LogP contribution in [0.2, 0.25) is 0 Å². The summed E-state index contributed by atoms with van der Waals surface area (Å²) in [5.41, 5.74) is -1.15.